The third kappa shape index (κ3) is 3.53. The van der Waals surface area contributed by atoms with Crippen molar-refractivity contribution in [3.8, 4) is 0 Å². The van der Waals surface area contributed by atoms with Gasteiger partial charge in [0.05, 0.1) is 0 Å². The first-order chi connectivity index (χ1) is 11.5. The third-order valence-corrected chi connectivity index (χ3v) is 4.67. The number of nitrogens with one attached hydrogen (secondary N) is 1. The molecule has 1 aliphatic rings. The summed E-state index contributed by atoms with van der Waals surface area (Å²) in [6.45, 7) is 3.41. The molecule has 4 nitrogen and oxygen atoms in total. The minimum atomic E-state index is -0.307. The maximum atomic E-state index is 12.5. The van der Waals surface area contributed by atoms with Crippen LogP contribution in [0.2, 0.25) is 0 Å². The van der Waals surface area contributed by atoms with Gasteiger partial charge < -0.3 is 5.32 Å². The summed E-state index contributed by atoms with van der Waals surface area (Å²) in [6, 6.07) is 8.87. The number of carbonyl (C=O) groups is 2. The molecule has 0 aliphatic heterocycles. The highest BCUT2D eigenvalue weighted by Crippen LogP contribution is 2.19. The second kappa shape index (κ2) is 6.95. The first-order valence-corrected chi connectivity index (χ1v) is 8.49. The van der Waals surface area contributed by atoms with Gasteiger partial charge in [-0.25, -0.2) is 0 Å². The summed E-state index contributed by atoms with van der Waals surface area (Å²) in [7, 11) is 0. The molecule has 1 aliphatic carbocycles. The number of hydrogen-bond acceptors (Lipinski definition) is 2. The molecule has 1 atom stereocenters. The van der Waals surface area contributed by atoms with Crippen LogP contribution in [0.3, 0.4) is 0 Å². The average Bonchev–Trinajstić information content (AvgIpc) is 2.60. The normalized spacial score (nSPS) is 14.6. The number of aromatic nitrogens is 1. The van der Waals surface area contributed by atoms with E-state index in [0.29, 0.717) is 11.3 Å². The van der Waals surface area contributed by atoms with Crippen LogP contribution >= 0.6 is 0 Å². The van der Waals surface area contributed by atoms with Crippen LogP contribution in [0.1, 0.15) is 54.2 Å². The SMILES string of the molecule is CC(=O)c1cccc(NC(=O)[C@@H](C)[n+]2ccc3c(c2)CCCC3)c1. The summed E-state index contributed by atoms with van der Waals surface area (Å²) in [4.78, 5) is 24.0. The summed E-state index contributed by atoms with van der Waals surface area (Å²) >= 11 is 0. The molecule has 0 unspecified atom stereocenters. The van der Waals surface area contributed by atoms with Crippen molar-refractivity contribution in [2.24, 2.45) is 0 Å². The summed E-state index contributed by atoms with van der Waals surface area (Å²) in [5, 5.41) is 2.90. The number of Topliss-reactive ketones (excluding diaryl/α,β-unsaturated/α-hetero) is 1. The van der Waals surface area contributed by atoms with Gasteiger partial charge in [0.15, 0.2) is 18.2 Å². The average molecular weight is 323 g/mol. The summed E-state index contributed by atoms with van der Waals surface area (Å²) in [6.07, 6.45) is 8.78. The Kier molecular flexibility index (Phi) is 4.74. The van der Waals surface area contributed by atoms with Crippen LogP contribution in [0.5, 0.6) is 0 Å². The Morgan fingerprint density at radius 1 is 1.12 bits per heavy atom. The van der Waals surface area contributed by atoms with Crippen molar-refractivity contribution >= 4 is 17.4 Å². The quantitative estimate of drug-likeness (QED) is 0.693. The number of fused-ring (bicyclic) bond motifs is 1. The summed E-state index contributed by atoms with van der Waals surface area (Å²) in [5.74, 6) is -0.0975. The highest BCUT2D eigenvalue weighted by atomic mass is 16.2. The van der Waals surface area contributed by atoms with Crippen molar-refractivity contribution in [2.45, 2.75) is 45.6 Å². The zero-order valence-corrected chi connectivity index (χ0v) is 14.2. The van der Waals surface area contributed by atoms with E-state index in [4.69, 9.17) is 0 Å². The zero-order chi connectivity index (χ0) is 17.1. The van der Waals surface area contributed by atoms with Gasteiger partial charge in [-0.05, 0) is 50.3 Å². The van der Waals surface area contributed by atoms with Gasteiger partial charge >= 0.3 is 0 Å². The fourth-order valence-electron chi connectivity index (χ4n) is 3.13. The highest BCUT2D eigenvalue weighted by Gasteiger charge is 2.24. The van der Waals surface area contributed by atoms with E-state index in [1.807, 2.05) is 17.7 Å². The van der Waals surface area contributed by atoms with Crippen molar-refractivity contribution in [2.75, 3.05) is 5.32 Å². The predicted octanol–water partition coefficient (Wildman–Crippen LogP) is 3.26. The van der Waals surface area contributed by atoms with E-state index in [1.54, 1.807) is 24.3 Å². The first kappa shape index (κ1) is 16.4. The molecule has 1 N–H and O–H groups in total. The number of ketones is 1. The molecule has 3 rings (SSSR count). The molecule has 0 radical (unpaired) electrons. The summed E-state index contributed by atoms with van der Waals surface area (Å²) in [5.41, 5.74) is 4.00. The van der Waals surface area contributed by atoms with Crippen molar-refractivity contribution in [3.05, 3.63) is 59.4 Å². The molecule has 1 amide bonds. The maximum Gasteiger partial charge on any atom is 0.293 e. The molecule has 1 heterocycles. The molecule has 1 aromatic heterocycles. The number of hydrogen-bond donors (Lipinski definition) is 1. The number of amides is 1. The fraction of sp³-hybridized carbons (Fsp3) is 0.350. The minimum Gasteiger partial charge on any atom is -0.320 e. The lowest BCUT2D eigenvalue weighted by Crippen LogP contribution is -2.44. The predicted molar refractivity (Wildman–Crippen MR) is 93.1 cm³/mol. The van der Waals surface area contributed by atoms with Gasteiger partial charge in [-0.1, -0.05) is 12.1 Å². The van der Waals surface area contributed by atoms with Crippen LogP contribution in [0.15, 0.2) is 42.7 Å². The van der Waals surface area contributed by atoms with Crippen molar-refractivity contribution in [1.29, 1.82) is 0 Å². The number of pyridine rings is 1. The number of carbonyl (C=O) groups excluding carboxylic acids is 2. The number of nitrogens with zero attached hydrogens (tertiary/aromatic N) is 1. The highest BCUT2D eigenvalue weighted by molar-refractivity contribution is 5.97. The van der Waals surface area contributed by atoms with Gasteiger partial charge in [-0.3, -0.25) is 9.59 Å². The third-order valence-electron chi connectivity index (χ3n) is 4.67. The Morgan fingerprint density at radius 3 is 2.62 bits per heavy atom. The molecule has 0 saturated carbocycles. The number of aryl methyl sites for hydroxylation is 2. The van der Waals surface area contributed by atoms with E-state index < -0.39 is 0 Å². The molecular formula is C20H23N2O2+. The van der Waals surface area contributed by atoms with Gasteiger partial charge in [0.25, 0.3) is 5.91 Å². The van der Waals surface area contributed by atoms with E-state index in [9.17, 15) is 9.59 Å². The van der Waals surface area contributed by atoms with Crippen LogP contribution in [-0.4, -0.2) is 11.7 Å². The van der Waals surface area contributed by atoms with Crippen LogP contribution in [-0.2, 0) is 17.6 Å². The number of benzene rings is 1. The zero-order valence-electron chi connectivity index (χ0n) is 14.2. The molecule has 0 fully saturated rings. The maximum absolute atomic E-state index is 12.5. The molecule has 2 aromatic rings. The lowest BCUT2D eigenvalue weighted by molar-refractivity contribution is -0.706. The van der Waals surface area contributed by atoms with E-state index in [1.165, 1.54) is 30.9 Å². The molecule has 124 valence electrons. The molecular weight excluding hydrogens is 300 g/mol. The van der Waals surface area contributed by atoms with Crippen LogP contribution < -0.4 is 9.88 Å². The van der Waals surface area contributed by atoms with Crippen LogP contribution in [0, 0.1) is 0 Å². The van der Waals surface area contributed by atoms with E-state index in [2.05, 4.69) is 17.6 Å². The number of rotatable bonds is 4. The Bertz CT molecular complexity index is 783. The minimum absolute atomic E-state index is 0.0109. The summed E-state index contributed by atoms with van der Waals surface area (Å²) < 4.78 is 1.97. The van der Waals surface area contributed by atoms with E-state index >= 15 is 0 Å². The van der Waals surface area contributed by atoms with Crippen LogP contribution in [0.4, 0.5) is 5.69 Å². The van der Waals surface area contributed by atoms with Gasteiger partial charge in [0, 0.05) is 29.8 Å². The van der Waals surface area contributed by atoms with E-state index in [-0.39, 0.29) is 17.7 Å². The Hall–Kier alpha value is -2.49. The van der Waals surface area contributed by atoms with Gasteiger partial charge in [-0.15, -0.1) is 0 Å². The second-order valence-corrected chi connectivity index (χ2v) is 6.45. The molecule has 0 spiro atoms. The fourth-order valence-corrected chi connectivity index (χ4v) is 3.13. The first-order valence-electron chi connectivity index (χ1n) is 8.49. The Labute approximate surface area is 142 Å². The molecule has 1 aromatic carbocycles. The number of anilines is 1. The topological polar surface area (TPSA) is 50.1 Å². The molecule has 0 bridgehead atoms. The monoisotopic (exact) mass is 323 g/mol. The standard InChI is InChI=1S/C20H22N2O2/c1-14(22-11-10-16-6-3-4-7-18(16)13-22)20(24)21-19-9-5-8-17(12-19)15(2)23/h5,8-14H,3-4,6-7H2,1-2H3/p+1/t14-/m1/s1. The van der Waals surface area contributed by atoms with Gasteiger partial charge in [0.2, 0.25) is 6.04 Å². The Morgan fingerprint density at radius 2 is 1.88 bits per heavy atom. The van der Waals surface area contributed by atoms with Crippen LogP contribution in [0.25, 0.3) is 0 Å². The lowest BCUT2D eigenvalue weighted by atomic mass is 9.93. The lowest BCUT2D eigenvalue weighted by Gasteiger charge is -2.15. The molecule has 0 saturated heterocycles. The molecule has 24 heavy (non-hydrogen) atoms. The van der Waals surface area contributed by atoms with Gasteiger partial charge in [-0.2, -0.15) is 4.57 Å². The largest absolute Gasteiger partial charge is 0.320 e. The van der Waals surface area contributed by atoms with Crippen molar-refractivity contribution < 1.29 is 14.2 Å². The second-order valence-electron chi connectivity index (χ2n) is 6.45. The van der Waals surface area contributed by atoms with Crippen molar-refractivity contribution in [3.63, 3.8) is 0 Å². The smallest absolute Gasteiger partial charge is 0.293 e. The van der Waals surface area contributed by atoms with Gasteiger partial charge in [0.1, 0.15) is 0 Å². The van der Waals surface area contributed by atoms with Crippen molar-refractivity contribution in [1.82, 2.24) is 0 Å². The molecule has 4 heteroatoms. The Balaban J connectivity index is 1.75. The van der Waals surface area contributed by atoms with E-state index in [0.717, 1.165) is 12.8 Å².